The summed E-state index contributed by atoms with van der Waals surface area (Å²) in [5.41, 5.74) is 2.60. The summed E-state index contributed by atoms with van der Waals surface area (Å²) in [5, 5.41) is 0. The fraction of sp³-hybridized carbons (Fsp3) is 0.600. The van der Waals surface area contributed by atoms with Gasteiger partial charge in [0.1, 0.15) is 23.8 Å². The van der Waals surface area contributed by atoms with Crippen LogP contribution in [0, 0.1) is 27.7 Å². The number of imidazole rings is 2. The van der Waals surface area contributed by atoms with Gasteiger partial charge >= 0.3 is 72.2 Å². The van der Waals surface area contributed by atoms with E-state index in [1.165, 1.54) is 23.0 Å². The van der Waals surface area contributed by atoms with Crippen LogP contribution < -0.4 is 64.6 Å². The van der Waals surface area contributed by atoms with Crippen LogP contribution in [0.25, 0.3) is 4.13 Å². The maximum absolute atomic E-state index is 11.1. The standard InChI is InChI=1S/2C7H13N2.CH4O3S.F2HNO4S2.F2NO4S2.K/c2*1-6-5-8(3)7(2)9(6)4;1-5(2,3)4;2*1-8(4,5)3-9(2,6)7;/h2*5H,1-4H3;1H3,(H,2,3,4);3H;;/q2*+1;;;-1;+1/p-1. The first-order valence-electron chi connectivity index (χ1n) is 9.86. The number of nitrogens with one attached hydrogen (secondary N) is 1. The van der Waals surface area contributed by atoms with Gasteiger partial charge in [-0.25, -0.2) is 43.5 Å². The second-order valence-electron chi connectivity index (χ2n) is 7.54. The molecule has 0 saturated heterocycles. The number of aryl methyl sites for hydroxylation is 4. The van der Waals surface area contributed by atoms with Crippen LogP contribution in [0.2, 0.25) is 0 Å². The summed E-state index contributed by atoms with van der Waals surface area (Å²) in [6, 6.07) is 0. The van der Waals surface area contributed by atoms with Crippen molar-refractivity contribution in [2.45, 2.75) is 27.7 Å². The Hall–Kier alpha value is -0.594. The van der Waals surface area contributed by atoms with E-state index in [1.54, 1.807) is 0 Å². The Morgan fingerprint density at radius 2 is 0.905 bits per heavy atom. The molecule has 0 radical (unpaired) electrons. The van der Waals surface area contributed by atoms with Crippen LogP contribution in [-0.4, -0.2) is 62.0 Å². The molecule has 0 aliphatic heterocycles. The minimum Gasteiger partial charge on any atom is -0.748 e. The zero-order valence-corrected chi connectivity index (χ0v) is 31.1. The fourth-order valence-corrected chi connectivity index (χ4v) is 3.93. The summed E-state index contributed by atoms with van der Waals surface area (Å²) in [5.74, 6) is 2.57. The monoisotopic (exact) mass is 745 g/mol. The molecule has 244 valence electrons. The van der Waals surface area contributed by atoms with Gasteiger partial charge in [-0.3, -0.25) is 0 Å². The third kappa shape index (κ3) is 30.9. The first kappa shape index (κ1) is 48.3. The molecule has 0 fully saturated rings. The summed E-state index contributed by atoms with van der Waals surface area (Å²) in [4.78, 5) is 0. The van der Waals surface area contributed by atoms with Crippen molar-refractivity contribution in [3.63, 3.8) is 0 Å². The van der Waals surface area contributed by atoms with Gasteiger partial charge in [0, 0.05) is 34.0 Å². The number of nitrogens with zero attached hydrogens (tertiary/aromatic N) is 5. The van der Waals surface area contributed by atoms with Crippen molar-refractivity contribution >= 4 is 51.8 Å². The molecule has 2 aromatic rings. The fourth-order valence-electron chi connectivity index (χ4n) is 2.13. The molecule has 0 atom stereocenters. The summed E-state index contributed by atoms with van der Waals surface area (Å²) < 4.78 is 155. The second-order valence-corrected chi connectivity index (χ2v) is 13.6. The van der Waals surface area contributed by atoms with E-state index in [-0.39, 0.29) is 55.5 Å². The van der Waals surface area contributed by atoms with E-state index >= 15 is 0 Å². The SMILES string of the molecule is CS(=O)(=O)[O-].Cc1c[n+](C)c(C)n1C.Cc1c[n+](C)c(C)n1C.O=S(=O)(F)NS(=O)(=O)F.O=S(=O)(F)[N-]S(=O)(=O)F.[K+]. The van der Waals surface area contributed by atoms with Crippen molar-refractivity contribution in [3.05, 3.63) is 39.6 Å². The molecule has 1 N–H and O–H groups in total. The molecule has 42 heavy (non-hydrogen) atoms. The van der Waals surface area contributed by atoms with E-state index in [4.69, 9.17) is 13.0 Å². The molecule has 0 unspecified atom stereocenters. The second kappa shape index (κ2) is 19.0. The Balaban J connectivity index is -0.000000216. The Bertz CT molecular complexity index is 1480. The maximum Gasteiger partial charge on any atom is 1.00 e. The summed E-state index contributed by atoms with van der Waals surface area (Å²) in [6.45, 7) is 8.42. The molecule has 17 nitrogen and oxygen atoms in total. The number of halogens is 4. The molecule has 0 spiro atoms. The minimum atomic E-state index is -5.62. The summed E-state index contributed by atoms with van der Waals surface area (Å²) in [6.07, 6.45) is 4.84. The molecule has 0 aliphatic carbocycles. The number of hydrogen-bond donors (Lipinski definition) is 1. The molecule has 0 aliphatic rings. The minimum absolute atomic E-state index is 0. The van der Waals surface area contributed by atoms with E-state index in [0.717, 1.165) is 4.13 Å². The molecule has 0 amide bonds. The van der Waals surface area contributed by atoms with Gasteiger partial charge in [0.15, 0.2) is 0 Å². The smallest absolute Gasteiger partial charge is 0.748 e. The van der Waals surface area contributed by atoms with Crippen LogP contribution >= 0.6 is 0 Å². The number of hydrogen-bond acceptors (Lipinski definition) is 11. The van der Waals surface area contributed by atoms with Gasteiger partial charge in [-0.05, 0) is 0 Å². The van der Waals surface area contributed by atoms with Crippen molar-refractivity contribution in [1.29, 1.82) is 0 Å². The van der Waals surface area contributed by atoms with Crippen molar-refractivity contribution in [3.8, 4) is 0 Å². The van der Waals surface area contributed by atoms with Gasteiger partial charge < -0.3 is 8.68 Å². The third-order valence-electron chi connectivity index (χ3n) is 4.19. The van der Waals surface area contributed by atoms with Crippen LogP contribution in [0.5, 0.6) is 0 Å². The Morgan fingerprint density at radius 3 is 0.929 bits per heavy atom. The predicted molar refractivity (Wildman–Crippen MR) is 134 cm³/mol. The number of rotatable bonds is 4. The van der Waals surface area contributed by atoms with E-state index in [1.807, 2.05) is 0 Å². The zero-order chi connectivity index (χ0) is 33.9. The van der Waals surface area contributed by atoms with Gasteiger partial charge in [-0.15, -0.1) is 7.77 Å². The van der Waals surface area contributed by atoms with Gasteiger partial charge in [0.25, 0.3) is 11.6 Å². The average Bonchev–Trinajstić information content (AvgIpc) is 2.99. The molecule has 2 rings (SSSR count). The molecule has 2 heterocycles. The van der Waals surface area contributed by atoms with Crippen LogP contribution in [0.1, 0.15) is 23.0 Å². The van der Waals surface area contributed by atoms with Crippen molar-refractivity contribution in [2.24, 2.45) is 28.2 Å². The van der Waals surface area contributed by atoms with Gasteiger partial charge in [-0.2, -0.15) is 16.8 Å². The van der Waals surface area contributed by atoms with Crippen molar-refractivity contribution < 1.29 is 123 Å². The topological polar surface area (TPSA) is 238 Å². The van der Waals surface area contributed by atoms with Crippen LogP contribution in [0.4, 0.5) is 15.5 Å². The third-order valence-corrected chi connectivity index (χ3v) is 7.21. The van der Waals surface area contributed by atoms with Gasteiger partial charge in [0.05, 0.1) is 38.3 Å². The molecular weight excluding hydrogens is 716 g/mol. The first-order chi connectivity index (χ1) is 17.7. The van der Waals surface area contributed by atoms with Crippen LogP contribution in [-0.2, 0) is 79.9 Å². The van der Waals surface area contributed by atoms with E-state index in [9.17, 15) is 49.2 Å². The number of aromatic nitrogens is 4. The Kier molecular flexibility index (Phi) is 21.9. The van der Waals surface area contributed by atoms with Gasteiger partial charge in [0.2, 0.25) is 20.8 Å². The quantitative estimate of drug-likeness (QED) is 0.104. The average molecular weight is 746 g/mol. The summed E-state index contributed by atoms with van der Waals surface area (Å²) >= 11 is 0. The van der Waals surface area contributed by atoms with E-state index in [0.29, 0.717) is 6.26 Å². The Morgan fingerprint density at radius 1 is 0.690 bits per heavy atom. The van der Waals surface area contributed by atoms with E-state index < -0.39 is 51.8 Å². The Labute approximate surface area is 286 Å². The molecular formula is C15H30F4KN6O11S5+. The first-order valence-corrected chi connectivity index (χ1v) is 17.1. The van der Waals surface area contributed by atoms with Crippen LogP contribution in [0.3, 0.4) is 0 Å². The predicted octanol–water partition coefficient (Wildman–Crippen LogP) is -4.11. The largest absolute Gasteiger partial charge is 1.00 e. The van der Waals surface area contributed by atoms with Crippen LogP contribution in [0.15, 0.2) is 12.4 Å². The zero-order valence-electron chi connectivity index (χ0n) is 23.9. The molecule has 0 aromatic carbocycles. The van der Waals surface area contributed by atoms with E-state index in [2.05, 4.69) is 86.5 Å². The molecule has 27 heteroatoms. The molecule has 2 aromatic heterocycles. The van der Waals surface area contributed by atoms with Crippen molar-refractivity contribution in [2.75, 3.05) is 6.26 Å². The van der Waals surface area contributed by atoms with Gasteiger partial charge in [-0.1, -0.05) is 11.9 Å². The maximum atomic E-state index is 11.1. The molecule has 0 bridgehead atoms. The molecule has 0 saturated carbocycles. The normalized spacial score (nSPS) is 11.6. The van der Waals surface area contributed by atoms with Crippen molar-refractivity contribution in [1.82, 2.24) is 13.3 Å². The summed E-state index contributed by atoms with van der Waals surface area (Å²) in [7, 11) is -17.9.